The van der Waals surface area contributed by atoms with Crippen LogP contribution in [0.5, 0.6) is 0 Å². The number of carbonyl (C=O) groups excluding carboxylic acids is 1. The maximum Gasteiger partial charge on any atom is 0.282 e. The van der Waals surface area contributed by atoms with Crippen molar-refractivity contribution in [3.8, 4) is 5.69 Å². The number of rotatable bonds is 3. The Morgan fingerprint density at radius 2 is 1.88 bits per heavy atom. The number of pyridine rings is 2. The van der Waals surface area contributed by atoms with Crippen LogP contribution in [0.1, 0.15) is 27.4 Å². The first-order valence-corrected chi connectivity index (χ1v) is 10.1. The standard InChI is InChI=1S/C23H19ClFN5O2/c1-12-9-19-20(27-14(12)3)22(31)21(23(32)29(4)16-7-8-26-13(2)10-16)28-30(19)18-6-5-15(24)11-17(18)25/h5-11H,1-4H3. The van der Waals surface area contributed by atoms with E-state index < -0.39 is 17.2 Å². The molecule has 0 unspecified atom stereocenters. The van der Waals surface area contributed by atoms with E-state index in [0.717, 1.165) is 11.6 Å². The zero-order valence-electron chi connectivity index (χ0n) is 17.8. The van der Waals surface area contributed by atoms with Gasteiger partial charge in [0, 0.05) is 35.3 Å². The molecule has 0 atom stereocenters. The minimum absolute atomic E-state index is 0.0279. The molecular formula is C23H19ClFN5O2. The van der Waals surface area contributed by atoms with E-state index in [-0.39, 0.29) is 21.9 Å². The molecule has 0 N–H and O–H groups in total. The molecule has 4 rings (SSSR count). The van der Waals surface area contributed by atoms with E-state index in [2.05, 4.69) is 15.1 Å². The van der Waals surface area contributed by atoms with Gasteiger partial charge in [-0.2, -0.15) is 5.10 Å². The first kappa shape index (κ1) is 21.6. The molecule has 3 heterocycles. The Hall–Kier alpha value is -3.65. The molecule has 4 aromatic rings. The molecule has 1 amide bonds. The highest BCUT2D eigenvalue weighted by Gasteiger charge is 2.24. The Morgan fingerprint density at radius 3 is 2.56 bits per heavy atom. The number of hydrogen-bond donors (Lipinski definition) is 0. The molecule has 32 heavy (non-hydrogen) atoms. The van der Waals surface area contributed by atoms with E-state index in [1.807, 2.05) is 6.92 Å². The van der Waals surface area contributed by atoms with Gasteiger partial charge in [0.2, 0.25) is 5.43 Å². The van der Waals surface area contributed by atoms with Gasteiger partial charge in [0.1, 0.15) is 17.0 Å². The maximum absolute atomic E-state index is 14.8. The second kappa shape index (κ2) is 8.12. The van der Waals surface area contributed by atoms with Crippen LogP contribution >= 0.6 is 11.6 Å². The lowest BCUT2D eigenvalue weighted by molar-refractivity contribution is 0.0985. The Kier molecular flexibility index (Phi) is 5.48. The monoisotopic (exact) mass is 451 g/mol. The number of nitrogens with zero attached hydrogens (tertiary/aromatic N) is 5. The molecule has 0 aliphatic carbocycles. The third-order valence-corrected chi connectivity index (χ3v) is 5.45. The SMILES string of the molecule is Cc1cc(N(C)C(=O)c2nn(-c3ccc(Cl)cc3F)c3cc(C)c(C)nc3c2=O)ccn1. The minimum Gasteiger partial charge on any atom is -0.310 e. The molecule has 7 nitrogen and oxygen atoms in total. The summed E-state index contributed by atoms with van der Waals surface area (Å²) in [4.78, 5) is 36.3. The van der Waals surface area contributed by atoms with E-state index in [9.17, 15) is 14.0 Å². The molecule has 0 saturated heterocycles. The van der Waals surface area contributed by atoms with Crippen molar-refractivity contribution < 1.29 is 9.18 Å². The van der Waals surface area contributed by atoms with Crippen molar-refractivity contribution in [3.05, 3.63) is 86.3 Å². The summed E-state index contributed by atoms with van der Waals surface area (Å²) in [5.41, 5.74) is 2.03. The molecule has 162 valence electrons. The molecule has 0 aliphatic rings. The molecule has 9 heteroatoms. The second-order valence-electron chi connectivity index (χ2n) is 7.46. The first-order chi connectivity index (χ1) is 15.2. The Morgan fingerprint density at radius 1 is 1.12 bits per heavy atom. The third kappa shape index (κ3) is 3.73. The predicted molar refractivity (Wildman–Crippen MR) is 121 cm³/mol. The van der Waals surface area contributed by atoms with Gasteiger partial charge < -0.3 is 4.90 Å². The Balaban J connectivity index is 2.00. The van der Waals surface area contributed by atoms with E-state index in [0.29, 0.717) is 22.6 Å². The van der Waals surface area contributed by atoms with Gasteiger partial charge in [-0.25, -0.2) is 14.1 Å². The number of amides is 1. The van der Waals surface area contributed by atoms with E-state index in [1.54, 1.807) is 38.2 Å². The number of fused-ring (bicyclic) bond motifs is 1. The van der Waals surface area contributed by atoms with Crippen LogP contribution in [0.3, 0.4) is 0 Å². The van der Waals surface area contributed by atoms with Crippen molar-refractivity contribution in [2.75, 3.05) is 11.9 Å². The predicted octanol–water partition coefficient (Wildman–Crippen LogP) is 4.17. The fourth-order valence-corrected chi connectivity index (χ4v) is 3.48. The average molecular weight is 452 g/mol. The smallest absolute Gasteiger partial charge is 0.282 e. The van der Waals surface area contributed by atoms with Crippen LogP contribution in [0.4, 0.5) is 10.1 Å². The number of aryl methyl sites for hydroxylation is 3. The zero-order valence-corrected chi connectivity index (χ0v) is 18.6. The summed E-state index contributed by atoms with van der Waals surface area (Å²) in [7, 11) is 1.53. The van der Waals surface area contributed by atoms with Crippen molar-refractivity contribution in [1.82, 2.24) is 19.7 Å². The van der Waals surface area contributed by atoms with Crippen molar-refractivity contribution in [2.24, 2.45) is 0 Å². The van der Waals surface area contributed by atoms with Crippen LogP contribution in [0, 0.1) is 26.6 Å². The summed E-state index contributed by atoms with van der Waals surface area (Å²) < 4.78 is 16.0. The van der Waals surface area contributed by atoms with Gasteiger partial charge in [0.25, 0.3) is 5.91 Å². The fourth-order valence-electron chi connectivity index (χ4n) is 3.32. The quantitative estimate of drug-likeness (QED) is 0.467. The number of anilines is 1. The number of aromatic nitrogens is 4. The van der Waals surface area contributed by atoms with Gasteiger partial charge in [0.05, 0.1) is 5.52 Å². The second-order valence-corrected chi connectivity index (χ2v) is 7.90. The highest BCUT2D eigenvalue weighted by molar-refractivity contribution is 6.30. The summed E-state index contributed by atoms with van der Waals surface area (Å²) >= 11 is 5.90. The molecule has 0 saturated carbocycles. The number of hydrogen-bond acceptors (Lipinski definition) is 5. The van der Waals surface area contributed by atoms with Gasteiger partial charge in [-0.3, -0.25) is 14.6 Å². The molecule has 0 bridgehead atoms. The van der Waals surface area contributed by atoms with Crippen LogP contribution in [-0.4, -0.2) is 32.7 Å². The highest BCUT2D eigenvalue weighted by Crippen LogP contribution is 2.23. The maximum atomic E-state index is 14.8. The molecule has 0 radical (unpaired) electrons. The fraction of sp³-hybridized carbons (Fsp3) is 0.174. The summed E-state index contributed by atoms with van der Waals surface area (Å²) in [5.74, 6) is -1.30. The lowest BCUT2D eigenvalue weighted by Gasteiger charge is -2.19. The molecule has 3 aromatic heterocycles. The lowest BCUT2D eigenvalue weighted by Crippen LogP contribution is -2.34. The molecule has 0 fully saturated rings. The van der Waals surface area contributed by atoms with Crippen molar-refractivity contribution in [3.63, 3.8) is 0 Å². The van der Waals surface area contributed by atoms with Crippen LogP contribution in [-0.2, 0) is 0 Å². The van der Waals surface area contributed by atoms with Gasteiger partial charge in [-0.15, -0.1) is 0 Å². The number of carbonyl (C=O) groups is 1. The Bertz CT molecular complexity index is 1450. The van der Waals surface area contributed by atoms with E-state index in [1.165, 1.54) is 28.8 Å². The lowest BCUT2D eigenvalue weighted by atomic mass is 10.1. The summed E-state index contributed by atoms with van der Waals surface area (Å²) in [6.07, 6.45) is 1.57. The van der Waals surface area contributed by atoms with Gasteiger partial charge >= 0.3 is 0 Å². The topological polar surface area (TPSA) is 81.0 Å². The summed E-state index contributed by atoms with van der Waals surface area (Å²) in [6.45, 7) is 5.38. The van der Waals surface area contributed by atoms with Crippen LogP contribution < -0.4 is 10.3 Å². The van der Waals surface area contributed by atoms with E-state index >= 15 is 0 Å². The van der Waals surface area contributed by atoms with E-state index in [4.69, 9.17) is 11.6 Å². The minimum atomic E-state index is -0.648. The zero-order chi connectivity index (χ0) is 23.2. The number of benzene rings is 1. The summed E-state index contributed by atoms with van der Waals surface area (Å²) in [5, 5.41) is 4.49. The van der Waals surface area contributed by atoms with Crippen molar-refractivity contribution in [1.29, 1.82) is 0 Å². The summed E-state index contributed by atoms with van der Waals surface area (Å²) in [6, 6.07) is 9.15. The van der Waals surface area contributed by atoms with Crippen LogP contribution in [0.2, 0.25) is 5.02 Å². The normalized spacial score (nSPS) is 11.1. The molecular weight excluding hydrogens is 433 g/mol. The van der Waals surface area contributed by atoms with Crippen molar-refractivity contribution in [2.45, 2.75) is 20.8 Å². The molecule has 0 spiro atoms. The average Bonchev–Trinajstić information content (AvgIpc) is 2.75. The van der Waals surface area contributed by atoms with Gasteiger partial charge in [-0.1, -0.05) is 11.6 Å². The Labute approximate surface area is 188 Å². The van der Waals surface area contributed by atoms with Gasteiger partial charge in [0.15, 0.2) is 5.69 Å². The van der Waals surface area contributed by atoms with Crippen LogP contribution in [0.25, 0.3) is 16.7 Å². The van der Waals surface area contributed by atoms with Crippen LogP contribution in [0.15, 0.2) is 47.4 Å². The highest BCUT2D eigenvalue weighted by atomic mass is 35.5. The largest absolute Gasteiger partial charge is 0.310 e. The molecule has 1 aromatic carbocycles. The first-order valence-electron chi connectivity index (χ1n) is 9.75. The third-order valence-electron chi connectivity index (χ3n) is 5.22. The molecule has 0 aliphatic heterocycles. The van der Waals surface area contributed by atoms with Crippen molar-refractivity contribution >= 4 is 34.2 Å². The van der Waals surface area contributed by atoms with Gasteiger partial charge in [-0.05, 0) is 62.7 Å². The number of halogens is 2.